The van der Waals surface area contributed by atoms with Crippen molar-refractivity contribution in [3.8, 4) is 0 Å². The molecule has 4 aromatic carbocycles. The number of carboxylic acids is 1. The average Bonchev–Trinajstić information content (AvgIpc) is 3.14. The third-order valence-electron chi connectivity index (χ3n) is 14.3. The number of rotatable bonds is 34. The maximum Gasteiger partial charge on any atom is 0.246 e. The molecule has 0 saturated heterocycles. The van der Waals surface area contributed by atoms with E-state index in [9.17, 15) is 48.6 Å². The molecular formula is C60H72N13O13ReS2-5. The summed E-state index contributed by atoms with van der Waals surface area (Å²) in [5.41, 5.74) is 20.7. The predicted octanol–water partition coefficient (Wildman–Crippen LogP) is -2.81. The Bertz CT molecular complexity index is 3360. The monoisotopic (exact) mass is 1430 g/mol. The number of aliphatic hydroxyl groups excluding tert-OH is 1. The number of carboxylic acid groups (broad SMARTS) is 1. The van der Waals surface area contributed by atoms with Gasteiger partial charge in [0.05, 0.1) is 37.2 Å². The molecule has 0 fully saturated rings. The number of nitrogens with zero attached hydrogens (tertiary/aromatic N) is 1. The standard InChI is InChI=1S/C60H75N13O12S2.O.Re/c1-34(74)52(58(82)71-48(25-36-16-6-3-7-17-36)59(83)73(31-50(63)75)49(33-87)60(84)85)72-54(78)44(22-12-13-23-61)68-56(80)46(26-37-28-64-42-20-10-8-18-39(37)42)70-57(81)47(27-38-29-65-43-21-11-9-19-40(38)43)69-55(79)45(24-35-14-4-2-5-15-35)67-51(76)30-66-53(77)41(62)32-86;;/h2-11,14-21,28-29,34,41,44-49,52,64-65,74,86-87H,12-13,22-27,30-33,61-62H2,1H3,(H2,63,75)(H,66,77)(H,67,76)(H,68,80)(H,69,79)(H,70,81)(H,71,82)(H,72,78)(H,84,85);;/q;-2;/p-3/t34-,41+,44+,45+,46-,47+,48+,49-,52+;;/m1../s1. The van der Waals surface area contributed by atoms with Crippen LogP contribution in [0.3, 0.4) is 0 Å². The van der Waals surface area contributed by atoms with E-state index in [-0.39, 0.29) is 76.7 Å². The molecule has 6 rings (SSSR count). The smallest absolute Gasteiger partial charge is 0.246 e. The number of aromatic nitrogens is 2. The molecule has 6 aromatic rings. The van der Waals surface area contributed by atoms with Gasteiger partial charge in [-0.2, -0.15) is 11.5 Å². The Morgan fingerprint density at radius 3 is 1.49 bits per heavy atom. The molecule has 89 heavy (non-hydrogen) atoms. The summed E-state index contributed by atoms with van der Waals surface area (Å²) in [5.74, 6) is -10.8. The van der Waals surface area contributed by atoms with Crippen LogP contribution in [0.5, 0.6) is 0 Å². The van der Waals surface area contributed by atoms with Gasteiger partial charge < -0.3 is 115 Å². The van der Waals surface area contributed by atoms with Crippen molar-refractivity contribution in [1.82, 2.24) is 52.1 Å². The fraction of sp³-hybridized carbons (Fsp3) is 0.367. The average molecular weight is 1430 g/mol. The molecule has 0 saturated carbocycles. The summed E-state index contributed by atoms with van der Waals surface area (Å²) in [6, 6.07) is 19.3. The van der Waals surface area contributed by atoms with E-state index < -0.39 is 132 Å². The van der Waals surface area contributed by atoms with Crippen LogP contribution >= 0.6 is 0 Å². The van der Waals surface area contributed by atoms with Gasteiger partial charge in [0.15, 0.2) is 0 Å². The number of unbranched alkanes of at least 4 members (excludes halogenated alkanes) is 1. The number of benzene rings is 4. The Hall–Kier alpha value is -8.14. The van der Waals surface area contributed by atoms with Gasteiger partial charge in [0.25, 0.3) is 0 Å². The molecule has 0 aliphatic carbocycles. The predicted molar refractivity (Wildman–Crippen MR) is 326 cm³/mol. The summed E-state index contributed by atoms with van der Waals surface area (Å²) in [7, 11) is 0. The van der Waals surface area contributed by atoms with Crippen LogP contribution in [0.4, 0.5) is 0 Å². The molecule has 0 unspecified atom stereocenters. The zero-order valence-corrected chi connectivity index (χ0v) is 52.8. The minimum atomic E-state index is -1.84. The van der Waals surface area contributed by atoms with E-state index in [1.807, 2.05) is 24.3 Å². The Kier molecular flexibility index (Phi) is 30.0. The third kappa shape index (κ3) is 21.6. The molecule has 479 valence electrons. The summed E-state index contributed by atoms with van der Waals surface area (Å²) in [6.07, 6.45) is 1.52. The van der Waals surface area contributed by atoms with Gasteiger partial charge in [-0.15, -0.1) is 0 Å². The Morgan fingerprint density at radius 1 is 0.584 bits per heavy atom. The van der Waals surface area contributed by atoms with Crippen LogP contribution in [0.15, 0.2) is 122 Å². The number of aromatic amines is 2. The zero-order valence-electron chi connectivity index (χ0n) is 48.4. The number of carbonyl (C=O) groups excluding carboxylic acids is 10. The number of carbonyl (C=O) groups is 10. The van der Waals surface area contributed by atoms with Gasteiger partial charge in [0.1, 0.15) is 36.3 Å². The first-order valence-corrected chi connectivity index (χ1v) is 29.2. The number of hydrogen-bond donors (Lipinski definition) is 13. The van der Waals surface area contributed by atoms with Crippen molar-refractivity contribution in [2.45, 2.75) is 106 Å². The number of aliphatic hydroxyl groups is 1. The number of para-hydroxylation sites is 2. The summed E-state index contributed by atoms with van der Waals surface area (Å²) in [5, 5.41) is 43.1. The van der Waals surface area contributed by atoms with Crippen molar-refractivity contribution in [1.29, 1.82) is 0 Å². The minimum Gasteiger partial charge on any atom is -2.00 e. The fourth-order valence-corrected chi connectivity index (χ4v) is 10.1. The molecule has 2 heterocycles. The van der Waals surface area contributed by atoms with Crippen molar-refractivity contribution in [3.05, 3.63) is 144 Å². The number of aliphatic carboxylic acids is 1. The van der Waals surface area contributed by atoms with Crippen LogP contribution < -0.4 is 59.5 Å². The number of H-pyrrole nitrogens is 2. The number of primary amides is 1. The first-order valence-electron chi connectivity index (χ1n) is 28.1. The first-order chi connectivity index (χ1) is 41.7. The van der Waals surface area contributed by atoms with Crippen LogP contribution in [0.1, 0.15) is 48.4 Å². The molecule has 2 aromatic heterocycles. The second-order valence-electron chi connectivity index (χ2n) is 20.8. The summed E-state index contributed by atoms with van der Waals surface area (Å²) in [6.45, 7) is -0.0979. The minimum absolute atomic E-state index is 0. The number of hydrogen-bond acceptors (Lipinski definition) is 16. The second-order valence-corrected chi connectivity index (χ2v) is 21.5. The first kappa shape index (κ1) is 73.3. The second kappa shape index (κ2) is 36.4. The number of nitrogens with two attached hydrogens (primary N) is 3. The van der Waals surface area contributed by atoms with E-state index in [0.717, 1.165) is 10.9 Å². The van der Waals surface area contributed by atoms with E-state index in [2.05, 4.69) is 47.2 Å². The largest absolute Gasteiger partial charge is 2.00 e. The van der Waals surface area contributed by atoms with Crippen molar-refractivity contribution in [2.75, 3.05) is 31.1 Å². The van der Waals surface area contributed by atoms with Gasteiger partial charge in [-0.3, -0.25) is 43.2 Å². The maximum absolute atomic E-state index is 15.1. The van der Waals surface area contributed by atoms with Gasteiger partial charge in [0, 0.05) is 80.3 Å². The Labute approximate surface area is 537 Å². The summed E-state index contributed by atoms with van der Waals surface area (Å²) >= 11 is 9.87. The molecule has 9 atom stereocenters. The van der Waals surface area contributed by atoms with Crippen molar-refractivity contribution in [3.63, 3.8) is 0 Å². The molecule has 0 aliphatic rings. The molecule has 9 amide bonds. The van der Waals surface area contributed by atoms with E-state index in [1.165, 1.54) is 6.92 Å². The van der Waals surface area contributed by atoms with Crippen LogP contribution in [-0.4, -0.2) is 165 Å². The molecule has 0 bridgehead atoms. The van der Waals surface area contributed by atoms with Crippen LogP contribution in [0, 0.1) is 0 Å². The van der Waals surface area contributed by atoms with Crippen molar-refractivity contribution < 1.29 is 84.1 Å². The van der Waals surface area contributed by atoms with Gasteiger partial charge in [-0.1, -0.05) is 97.1 Å². The molecule has 26 nitrogen and oxygen atoms in total. The number of nitrogens with one attached hydrogen (secondary N) is 9. The van der Waals surface area contributed by atoms with Gasteiger partial charge in [-0.25, -0.2) is 0 Å². The molecule has 16 N–H and O–H groups in total. The van der Waals surface area contributed by atoms with Crippen LogP contribution in [0.25, 0.3) is 21.8 Å². The van der Waals surface area contributed by atoms with E-state index in [4.69, 9.17) is 42.5 Å². The molecular weight excluding hydrogens is 1360 g/mol. The van der Waals surface area contributed by atoms with E-state index in [0.29, 0.717) is 44.5 Å². The van der Waals surface area contributed by atoms with Crippen LogP contribution in [0.2, 0.25) is 0 Å². The Morgan fingerprint density at radius 2 is 1.03 bits per heavy atom. The van der Waals surface area contributed by atoms with Crippen molar-refractivity contribution >= 4 is 106 Å². The van der Waals surface area contributed by atoms with E-state index in [1.54, 1.807) is 97.3 Å². The van der Waals surface area contributed by atoms with Crippen molar-refractivity contribution in [2.24, 2.45) is 17.2 Å². The number of amides is 9. The summed E-state index contributed by atoms with van der Waals surface area (Å²) in [4.78, 5) is 145. The maximum atomic E-state index is 15.1. The SMILES string of the molecule is C[C@@H](O)[C@H](NC(=O)[C@H](CCCCN)NC(=O)[C@@H](Cc1c[nH]c2ccccc12)NC(=O)[C@H](Cc1c[nH]c2ccccc12)NC(=O)[C@H](Cc1ccccc1)NC(=O)CNC(=O)[C@@H](N)C[S-])C(=O)N[C@@H](Cc1ccccc1)C(=O)N(CC(N)=O)[C@H](C[S-])C(=O)[O-].[O-2].[Re]. The topological polar surface area (TPSA) is 440 Å². The van der Waals surface area contributed by atoms with Gasteiger partial charge in [0.2, 0.25) is 53.2 Å². The quantitative estimate of drug-likeness (QED) is 0.0143. The molecule has 0 spiro atoms. The molecule has 29 heteroatoms. The fourth-order valence-electron chi connectivity index (χ4n) is 9.68. The summed E-state index contributed by atoms with van der Waals surface area (Å²) < 4.78 is 0. The van der Waals surface area contributed by atoms with E-state index >= 15 is 9.59 Å². The molecule has 0 aliphatic heterocycles. The van der Waals surface area contributed by atoms with Gasteiger partial charge >= 0.3 is 0 Å². The number of fused-ring (bicyclic) bond motifs is 2. The molecule has 1 radical (unpaired) electrons. The zero-order chi connectivity index (χ0) is 63.2. The normalized spacial score (nSPS) is 14.0. The van der Waals surface area contributed by atoms with Crippen LogP contribution in [-0.2, 0) is 125 Å². The third-order valence-corrected chi connectivity index (χ3v) is 15.0. The van der Waals surface area contributed by atoms with Gasteiger partial charge in [-0.05, 0) is 67.1 Å². The Balaban J connectivity index is 0.00000846.